The van der Waals surface area contributed by atoms with Crippen molar-refractivity contribution in [3.63, 3.8) is 0 Å². The first kappa shape index (κ1) is 24.0. The first-order chi connectivity index (χ1) is 17.6. The smallest absolute Gasteiger partial charge is 0.262 e. The third-order valence-corrected chi connectivity index (χ3v) is 7.52. The molecular formula is C24H27F4N9. The van der Waals surface area contributed by atoms with E-state index < -0.39 is 23.1 Å². The summed E-state index contributed by atoms with van der Waals surface area (Å²) in [6.45, 7) is 3.59. The summed E-state index contributed by atoms with van der Waals surface area (Å²) in [5.74, 6) is -3.73. The number of aromatic nitrogens is 6. The Hall–Kier alpha value is -3.35. The lowest BCUT2D eigenvalue weighted by Gasteiger charge is -2.47. The van der Waals surface area contributed by atoms with Gasteiger partial charge >= 0.3 is 0 Å². The molecule has 0 amide bonds. The van der Waals surface area contributed by atoms with Gasteiger partial charge in [0.25, 0.3) is 5.92 Å². The number of halogens is 4. The summed E-state index contributed by atoms with van der Waals surface area (Å²) in [4.78, 5) is 10.1. The van der Waals surface area contributed by atoms with Gasteiger partial charge in [0, 0.05) is 24.0 Å². The standard InChI is InChI=1S/C24H27F4N9/c1-23(2)8-14(5-15-9-24(27,28)11-36(15)23)31-21-18(26)10-29-22(33-21)32-19-7-20(37-12-30-34-35-37)16(6-17(19)25)13-3-4-13/h6-7,10,12-15H,3-5,8-9,11H2,1-2H3,(H2,29,31,32,33)/t14-,15-/m1/s1. The molecule has 0 unspecified atom stereocenters. The molecule has 196 valence electrons. The molecule has 2 saturated heterocycles. The summed E-state index contributed by atoms with van der Waals surface area (Å²) in [6, 6.07) is 2.47. The Bertz CT molecular complexity index is 1310. The molecule has 0 radical (unpaired) electrons. The van der Waals surface area contributed by atoms with E-state index in [-0.39, 0.29) is 48.4 Å². The number of hydrogen-bond acceptors (Lipinski definition) is 8. The van der Waals surface area contributed by atoms with Crippen LogP contribution in [0, 0.1) is 11.6 Å². The van der Waals surface area contributed by atoms with Gasteiger partial charge in [0.2, 0.25) is 5.95 Å². The lowest BCUT2D eigenvalue weighted by Crippen LogP contribution is -2.55. The second-order valence-electron chi connectivity index (χ2n) is 10.9. The van der Waals surface area contributed by atoms with Crippen LogP contribution in [0.4, 0.5) is 35.0 Å². The molecule has 2 atom stereocenters. The first-order valence-electron chi connectivity index (χ1n) is 12.4. The Morgan fingerprint density at radius 1 is 1.08 bits per heavy atom. The highest BCUT2D eigenvalue weighted by Gasteiger charge is 2.53. The maximum atomic E-state index is 15.0. The number of nitrogens with one attached hydrogen (secondary N) is 2. The molecule has 1 aliphatic carbocycles. The Kier molecular flexibility index (Phi) is 5.58. The second-order valence-corrected chi connectivity index (χ2v) is 10.9. The third kappa shape index (κ3) is 4.72. The molecule has 37 heavy (non-hydrogen) atoms. The molecule has 4 heterocycles. The van der Waals surface area contributed by atoms with Crippen molar-refractivity contribution in [1.82, 2.24) is 35.1 Å². The maximum Gasteiger partial charge on any atom is 0.262 e. The molecule has 0 spiro atoms. The van der Waals surface area contributed by atoms with Crippen LogP contribution in [-0.2, 0) is 0 Å². The van der Waals surface area contributed by atoms with Crippen LogP contribution in [-0.4, -0.2) is 65.2 Å². The van der Waals surface area contributed by atoms with E-state index in [9.17, 15) is 13.2 Å². The van der Waals surface area contributed by atoms with Gasteiger partial charge in [-0.15, -0.1) is 5.10 Å². The summed E-state index contributed by atoms with van der Waals surface area (Å²) < 4.78 is 59.4. The predicted molar refractivity (Wildman–Crippen MR) is 127 cm³/mol. The van der Waals surface area contributed by atoms with Gasteiger partial charge in [-0.25, -0.2) is 27.2 Å². The molecule has 1 aromatic carbocycles. The van der Waals surface area contributed by atoms with Crippen LogP contribution in [0.25, 0.3) is 5.69 Å². The number of fused-ring (bicyclic) bond motifs is 1. The number of tetrazole rings is 1. The minimum atomic E-state index is -2.73. The Morgan fingerprint density at radius 3 is 2.62 bits per heavy atom. The van der Waals surface area contributed by atoms with E-state index in [0.29, 0.717) is 18.5 Å². The number of nitrogens with zero attached hydrogens (tertiary/aromatic N) is 7. The average Bonchev–Trinajstić information content (AvgIpc) is 3.41. The van der Waals surface area contributed by atoms with Crippen molar-refractivity contribution in [3.05, 3.63) is 41.9 Å². The summed E-state index contributed by atoms with van der Waals surface area (Å²) in [5.41, 5.74) is 1.06. The summed E-state index contributed by atoms with van der Waals surface area (Å²) in [6.07, 6.45) is 5.13. The van der Waals surface area contributed by atoms with Gasteiger partial charge in [-0.05, 0) is 73.6 Å². The number of anilines is 3. The monoisotopic (exact) mass is 517 g/mol. The largest absolute Gasteiger partial charge is 0.365 e. The fourth-order valence-corrected chi connectivity index (χ4v) is 5.77. The molecule has 0 bridgehead atoms. The van der Waals surface area contributed by atoms with Gasteiger partial charge in [-0.1, -0.05) is 0 Å². The molecule has 9 nitrogen and oxygen atoms in total. The normalized spacial score (nSPS) is 24.6. The summed E-state index contributed by atoms with van der Waals surface area (Å²) in [7, 11) is 0. The zero-order valence-electron chi connectivity index (χ0n) is 20.4. The number of benzene rings is 1. The first-order valence-corrected chi connectivity index (χ1v) is 12.4. The molecule has 13 heteroatoms. The van der Waals surface area contributed by atoms with E-state index in [4.69, 9.17) is 0 Å². The van der Waals surface area contributed by atoms with E-state index in [1.165, 1.54) is 17.1 Å². The van der Waals surface area contributed by atoms with Gasteiger partial charge in [-0.2, -0.15) is 4.98 Å². The molecule has 3 aliphatic rings. The van der Waals surface area contributed by atoms with Crippen molar-refractivity contribution in [2.45, 2.75) is 75.4 Å². The van der Waals surface area contributed by atoms with Crippen molar-refractivity contribution in [2.75, 3.05) is 17.2 Å². The quantitative estimate of drug-likeness (QED) is 0.464. The van der Waals surface area contributed by atoms with Gasteiger partial charge in [0.1, 0.15) is 12.1 Å². The number of piperidine rings is 1. The van der Waals surface area contributed by atoms with Crippen molar-refractivity contribution >= 4 is 17.5 Å². The van der Waals surface area contributed by atoms with Crippen molar-refractivity contribution in [2.24, 2.45) is 0 Å². The van der Waals surface area contributed by atoms with Gasteiger partial charge < -0.3 is 10.6 Å². The van der Waals surface area contributed by atoms with Crippen LogP contribution < -0.4 is 10.6 Å². The second kappa shape index (κ2) is 8.61. The molecule has 2 aliphatic heterocycles. The Labute approximate surface area is 210 Å². The average molecular weight is 518 g/mol. The highest BCUT2D eigenvalue weighted by atomic mass is 19.3. The topological polar surface area (TPSA) is 96.7 Å². The number of hydrogen-bond donors (Lipinski definition) is 2. The van der Waals surface area contributed by atoms with Crippen LogP contribution in [0.3, 0.4) is 0 Å². The van der Waals surface area contributed by atoms with Crippen LogP contribution in [0.5, 0.6) is 0 Å². The third-order valence-electron chi connectivity index (χ3n) is 7.52. The molecule has 1 saturated carbocycles. The number of alkyl halides is 2. The molecule has 2 N–H and O–H groups in total. The van der Waals surface area contributed by atoms with Crippen LogP contribution in [0.2, 0.25) is 0 Å². The zero-order valence-corrected chi connectivity index (χ0v) is 20.4. The minimum absolute atomic E-state index is 0.00580. The van der Waals surface area contributed by atoms with E-state index in [1.807, 2.05) is 18.7 Å². The highest BCUT2D eigenvalue weighted by Crippen LogP contribution is 2.45. The van der Waals surface area contributed by atoms with E-state index in [1.54, 1.807) is 6.07 Å². The van der Waals surface area contributed by atoms with Crippen LogP contribution in [0.15, 0.2) is 24.7 Å². The predicted octanol–water partition coefficient (Wildman–Crippen LogP) is 4.41. The fourth-order valence-electron chi connectivity index (χ4n) is 5.77. The maximum absolute atomic E-state index is 15.0. The fraction of sp³-hybridized carbons (Fsp3) is 0.542. The highest BCUT2D eigenvalue weighted by molar-refractivity contribution is 5.62. The molecular weight excluding hydrogens is 490 g/mol. The minimum Gasteiger partial charge on any atom is -0.365 e. The SMILES string of the molecule is CC1(C)C[C@H](Nc2nc(Nc3cc(-n4cnnn4)c(C4CC4)cc3F)ncc2F)C[C@@H]2CC(F)(F)CN21. The van der Waals surface area contributed by atoms with Crippen LogP contribution in [0.1, 0.15) is 57.4 Å². The van der Waals surface area contributed by atoms with E-state index >= 15 is 4.39 Å². The molecule has 3 aromatic rings. The molecule has 2 aromatic heterocycles. The van der Waals surface area contributed by atoms with Gasteiger partial charge in [0.15, 0.2) is 11.6 Å². The Balaban J connectivity index is 1.24. The lowest BCUT2D eigenvalue weighted by molar-refractivity contribution is -0.00687. The van der Waals surface area contributed by atoms with Gasteiger partial charge in [0.05, 0.1) is 24.1 Å². The summed E-state index contributed by atoms with van der Waals surface area (Å²) in [5, 5.41) is 17.2. The van der Waals surface area contributed by atoms with Crippen molar-refractivity contribution < 1.29 is 17.6 Å². The van der Waals surface area contributed by atoms with Crippen molar-refractivity contribution in [1.29, 1.82) is 0 Å². The van der Waals surface area contributed by atoms with Gasteiger partial charge in [-0.3, -0.25) is 4.90 Å². The van der Waals surface area contributed by atoms with Crippen LogP contribution >= 0.6 is 0 Å². The molecule has 3 fully saturated rings. The lowest BCUT2D eigenvalue weighted by atomic mass is 9.84. The number of rotatable bonds is 6. The summed E-state index contributed by atoms with van der Waals surface area (Å²) >= 11 is 0. The van der Waals surface area contributed by atoms with E-state index in [2.05, 4.69) is 36.1 Å². The molecule has 6 rings (SSSR count). The van der Waals surface area contributed by atoms with E-state index in [0.717, 1.165) is 24.6 Å². The van der Waals surface area contributed by atoms with Crippen molar-refractivity contribution in [3.8, 4) is 5.69 Å². The zero-order chi connectivity index (χ0) is 25.9. The Morgan fingerprint density at radius 2 is 1.89 bits per heavy atom.